The molecule has 0 radical (unpaired) electrons. The maximum atomic E-state index is 13.4. The van der Waals surface area contributed by atoms with Gasteiger partial charge in [-0.05, 0) is 56.2 Å². The highest BCUT2D eigenvalue weighted by Gasteiger charge is 2.53. The lowest BCUT2D eigenvalue weighted by Gasteiger charge is -2.33. The lowest BCUT2D eigenvalue weighted by Crippen LogP contribution is -2.61. The van der Waals surface area contributed by atoms with E-state index in [1.54, 1.807) is 31.2 Å². The number of benzene rings is 2. The lowest BCUT2D eigenvalue weighted by atomic mass is 10.1. The van der Waals surface area contributed by atoms with Crippen molar-refractivity contribution < 1.29 is 24.0 Å². The van der Waals surface area contributed by atoms with E-state index in [0.717, 1.165) is 11.1 Å². The molecule has 3 amide bonds. The third kappa shape index (κ3) is 3.85. The second-order valence-corrected chi connectivity index (χ2v) is 8.34. The van der Waals surface area contributed by atoms with Gasteiger partial charge in [0.1, 0.15) is 12.6 Å². The van der Waals surface area contributed by atoms with E-state index in [0.29, 0.717) is 29.1 Å². The van der Waals surface area contributed by atoms with Gasteiger partial charge in [0.2, 0.25) is 0 Å². The highest BCUT2D eigenvalue weighted by Crippen LogP contribution is 2.31. The minimum absolute atomic E-state index is 0.241. The van der Waals surface area contributed by atoms with Gasteiger partial charge >= 0.3 is 12.0 Å². The molecule has 1 heterocycles. The van der Waals surface area contributed by atoms with E-state index in [4.69, 9.17) is 11.6 Å². The summed E-state index contributed by atoms with van der Waals surface area (Å²) in [6.45, 7) is 5.45. The molecule has 2 atom stereocenters. The Morgan fingerprint density at radius 2 is 1.70 bits per heavy atom. The van der Waals surface area contributed by atoms with E-state index in [1.807, 2.05) is 32.0 Å². The maximum absolute atomic E-state index is 13.4. The molecule has 30 heavy (non-hydrogen) atoms. The van der Waals surface area contributed by atoms with E-state index in [1.165, 1.54) is 4.90 Å². The number of carbonyl (C=O) groups excluding carboxylic acids is 2. The van der Waals surface area contributed by atoms with Crippen molar-refractivity contribution in [2.45, 2.75) is 39.7 Å². The number of quaternary nitrogens is 1. The van der Waals surface area contributed by atoms with Crippen molar-refractivity contribution in [1.82, 2.24) is 0 Å². The summed E-state index contributed by atoms with van der Waals surface area (Å²) in [4.78, 5) is 40.4. The number of likely N-dealkylation sites (tertiary alicyclic amines) is 1. The van der Waals surface area contributed by atoms with Crippen molar-refractivity contribution in [2.24, 2.45) is 0 Å². The first-order valence-electron chi connectivity index (χ1n) is 9.96. The summed E-state index contributed by atoms with van der Waals surface area (Å²) in [6.07, 6.45) is 0.158. The Balaban J connectivity index is 2.06. The maximum Gasteiger partial charge on any atom is 0.521 e. The number of nitrogens with zero attached hydrogens (tertiary/aromatic N) is 2. The average molecular weight is 430 g/mol. The predicted octanol–water partition coefficient (Wildman–Crippen LogP) is 4.81. The molecular weight excluding hydrogens is 404 g/mol. The van der Waals surface area contributed by atoms with E-state index < -0.39 is 16.5 Å². The van der Waals surface area contributed by atoms with Crippen LogP contribution in [0.15, 0.2) is 42.5 Å². The molecule has 1 aliphatic rings. The van der Waals surface area contributed by atoms with Gasteiger partial charge in [-0.25, -0.2) is 4.79 Å². The number of carbonyl (C=O) groups is 3. The minimum atomic E-state index is -1.16. The van der Waals surface area contributed by atoms with Gasteiger partial charge in [0.15, 0.2) is 0 Å². The number of anilines is 1. The first kappa shape index (κ1) is 22.0. The van der Waals surface area contributed by atoms with Crippen LogP contribution in [0.3, 0.4) is 0 Å². The van der Waals surface area contributed by atoms with Gasteiger partial charge in [-0.2, -0.15) is 9.28 Å². The van der Waals surface area contributed by atoms with Crippen LogP contribution in [0.2, 0.25) is 5.02 Å². The lowest BCUT2D eigenvalue weighted by molar-refractivity contribution is -0.791. The molecule has 1 unspecified atom stereocenters. The van der Waals surface area contributed by atoms with Crippen molar-refractivity contribution in [3.63, 3.8) is 0 Å². The number of hydrogen-bond acceptors (Lipinski definition) is 3. The van der Waals surface area contributed by atoms with Crippen molar-refractivity contribution in [1.29, 1.82) is 0 Å². The standard InChI is InChI=1S/C23H25ClN2O4/c1-15-6-4-7-16(2)21(15)25(22(28)18-9-11-19(24)12-10-18)14-20(27)26(23(29)30)13-5-8-17(26)3/h4,6-7,9-12,17H,5,8,13-14H2,1-3H3/p+1/t17-,26?/m1/s1. The number of carboxylic acid groups (broad SMARTS) is 1. The number of rotatable bonds is 4. The van der Waals surface area contributed by atoms with Crippen LogP contribution in [0.4, 0.5) is 10.5 Å². The fourth-order valence-electron chi connectivity index (χ4n) is 4.33. The summed E-state index contributed by atoms with van der Waals surface area (Å²) in [6, 6.07) is 11.7. The van der Waals surface area contributed by atoms with Crippen LogP contribution in [0.25, 0.3) is 0 Å². The zero-order valence-electron chi connectivity index (χ0n) is 17.4. The summed E-state index contributed by atoms with van der Waals surface area (Å²) in [5, 5.41) is 10.4. The smallest absolute Gasteiger partial charge is 0.435 e. The summed E-state index contributed by atoms with van der Waals surface area (Å²) < 4.78 is -0.644. The molecule has 0 spiro atoms. The largest absolute Gasteiger partial charge is 0.521 e. The van der Waals surface area contributed by atoms with Crippen LogP contribution in [0, 0.1) is 13.8 Å². The number of halogens is 1. The molecular formula is C23H26ClN2O4+. The molecule has 0 saturated carbocycles. The van der Waals surface area contributed by atoms with E-state index in [-0.39, 0.29) is 25.0 Å². The fraction of sp³-hybridized carbons (Fsp3) is 0.348. The van der Waals surface area contributed by atoms with Crippen molar-refractivity contribution >= 4 is 35.2 Å². The predicted molar refractivity (Wildman–Crippen MR) is 116 cm³/mol. The summed E-state index contributed by atoms with van der Waals surface area (Å²) >= 11 is 5.96. The molecule has 6 nitrogen and oxygen atoms in total. The third-order valence-corrected chi connectivity index (χ3v) is 6.26. The van der Waals surface area contributed by atoms with Gasteiger partial charge in [-0.15, -0.1) is 0 Å². The Morgan fingerprint density at radius 1 is 1.10 bits per heavy atom. The molecule has 158 valence electrons. The zero-order valence-corrected chi connectivity index (χ0v) is 18.1. The molecule has 1 aliphatic heterocycles. The van der Waals surface area contributed by atoms with Crippen LogP contribution in [-0.4, -0.2) is 46.6 Å². The Kier molecular flexibility index (Phi) is 6.29. The topological polar surface area (TPSA) is 74.7 Å². The van der Waals surface area contributed by atoms with E-state index in [9.17, 15) is 19.5 Å². The molecule has 0 aromatic heterocycles. The number of para-hydroxylation sites is 1. The molecule has 0 bridgehead atoms. The van der Waals surface area contributed by atoms with Crippen LogP contribution in [0.1, 0.15) is 41.3 Å². The fourth-order valence-corrected chi connectivity index (χ4v) is 4.46. The van der Waals surface area contributed by atoms with Gasteiger partial charge in [-0.1, -0.05) is 29.8 Å². The quantitative estimate of drug-likeness (QED) is 0.708. The van der Waals surface area contributed by atoms with Crippen molar-refractivity contribution in [2.75, 3.05) is 18.0 Å². The monoisotopic (exact) mass is 429 g/mol. The van der Waals surface area contributed by atoms with Crippen LogP contribution >= 0.6 is 11.6 Å². The SMILES string of the molecule is Cc1cccc(C)c1N(CC(=O)[N+]1(C(=O)O)CCC[C@H]1C)C(=O)c1ccc(Cl)cc1. The van der Waals surface area contributed by atoms with Gasteiger partial charge in [0.05, 0.1) is 12.2 Å². The molecule has 0 aliphatic carbocycles. The Bertz CT molecular complexity index is 969. The number of amides is 3. The molecule has 1 saturated heterocycles. The molecule has 1 N–H and O–H groups in total. The first-order chi connectivity index (χ1) is 14.2. The first-order valence-corrected chi connectivity index (χ1v) is 10.3. The Hall–Kier alpha value is -2.70. The highest BCUT2D eigenvalue weighted by atomic mass is 35.5. The Morgan fingerprint density at radius 3 is 2.20 bits per heavy atom. The third-order valence-electron chi connectivity index (χ3n) is 6.01. The molecule has 3 rings (SSSR count). The molecule has 2 aromatic carbocycles. The minimum Gasteiger partial charge on any atom is -0.435 e. The number of aryl methyl sites for hydroxylation is 2. The molecule has 1 fully saturated rings. The van der Waals surface area contributed by atoms with E-state index >= 15 is 0 Å². The molecule has 2 aromatic rings. The van der Waals surface area contributed by atoms with Gasteiger partial charge < -0.3 is 5.11 Å². The summed E-state index contributed by atoms with van der Waals surface area (Å²) in [5.41, 5.74) is 2.68. The van der Waals surface area contributed by atoms with Gasteiger partial charge in [0, 0.05) is 23.4 Å². The number of hydrogen-bond donors (Lipinski definition) is 1. The normalized spacial score (nSPS) is 20.7. The highest BCUT2D eigenvalue weighted by molar-refractivity contribution is 6.30. The Labute approximate surface area is 181 Å². The summed E-state index contributed by atoms with van der Waals surface area (Å²) in [7, 11) is 0. The molecule has 7 heteroatoms. The van der Waals surface area contributed by atoms with Crippen LogP contribution in [-0.2, 0) is 4.79 Å². The second kappa shape index (κ2) is 8.58. The second-order valence-electron chi connectivity index (χ2n) is 7.90. The average Bonchev–Trinajstić information content (AvgIpc) is 3.09. The van der Waals surface area contributed by atoms with Crippen LogP contribution < -0.4 is 4.90 Å². The summed E-state index contributed by atoms with van der Waals surface area (Å²) in [5.74, 6) is -0.856. The van der Waals surface area contributed by atoms with Gasteiger partial charge in [-0.3, -0.25) is 9.69 Å². The van der Waals surface area contributed by atoms with E-state index in [2.05, 4.69) is 0 Å². The van der Waals surface area contributed by atoms with Gasteiger partial charge in [0.25, 0.3) is 5.91 Å². The van der Waals surface area contributed by atoms with Crippen molar-refractivity contribution in [3.8, 4) is 0 Å². The van der Waals surface area contributed by atoms with Crippen LogP contribution in [0.5, 0.6) is 0 Å². The zero-order chi connectivity index (χ0) is 22.1. The number of imide groups is 1. The van der Waals surface area contributed by atoms with Crippen molar-refractivity contribution in [3.05, 3.63) is 64.2 Å².